The van der Waals surface area contributed by atoms with E-state index in [-0.39, 0.29) is 5.91 Å². The highest BCUT2D eigenvalue weighted by Gasteiger charge is 2.00. The molecule has 1 N–H and O–H groups in total. The van der Waals surface area contributed by atoms with Crippen molar-refractivity contribution in [1.82, 2.24) is 10.3 Å². The average Bonchev–Trinajstić information content (AvgIpc) is 2.40. The van der Waals surface area contributed by atoms with Crippen LogP contribution in [0.2, 0.25) is 0 Å². The zero-order valence-corrected chi connectivity index (χ0v) is 11.3. The lowest BCUT2D eigenvalue weighted by Gasteiger charge is -2.04. The molecule has 0 saturated carbocycles. The molecule has 0 atom stereocenters. The van der Waals surface area contributed by atoms with Crippen molar-refractivity contribution >= 4 is 5.91 Å². The quantitative estimate of drug-likeness (QED) is 0.682. The van der Waals surface area contributed by atoms with Crippen molar-refractivity contribution in [3.63, 3.8) is 0 Å². The minimum atomic E-state index is 0.169. The van der Waals surface area contributed by atoms with E-state index in [4.69, 9.17) is 0 Å². The van der Waals surface area contributed by atoms with E-state index in [2.05, 4.69) is 17.2 Å². The second kappa shape index (κ2) is 9.63. The molecule has 0 unspecified atom stereocenters. The summed E-state index contributed by atoms with van der Waals surface area (Å²) in [6.45, 7) is 2.88. The third-order valence-electron chi connectivity index (χ3n) is 2.94. The Balaban J connectivity index is 2.00. The van der Waals surface area contributed by atoms with Crippen LogP contribution in [0.5, 0.6) is 0 Å². The smallest absolute Gasteiger partial charge is 0.220 e. The van der Waals surface area contributed by atoms with Crippen LogP contribution in [0.3, 0.4) is 0 Å². The third kappa shape index (κ3) is 7.05. The first-order valence-corrected chi connectivity index (χ1v) is 6.99. The van der Waals surface area contributed by atoms with Crippen molar-refractivity contribution < 1.29 is 4.79 Å². The van der Waals surface area contributed by atoms with E-state index in [9.17, 15) is 4.79 Å². The number of nitrogens with one attached hydrogen (secondary N) is 1. The predicted octanol–water partition coefficient (Wildman–Crippen LogP) is 3.10. The van der Waals surface area contributed by atoms with E-state index in [0.717, 1.165) is 18.5 Å². The molecule has 0 saturated heterocycles. The zero-order chi connectivity index (χ0) is 13.1. The number of hydrogen-bond donors (Lipinski definition) is 1. The minimum absolute atomic E-state index is 0.169. The first-order valence-electron chi connectivity index (χ1n) is 6.99. The van der Waals surface area contributed by atoms with E-state index in [0.29, 0.717) is 13.0 Å². The molecule has 1 rings (SSSR count). The summed E-state index contributed by atoms with van der Waals surface area (Å²) >= 11 is 0. The fraction of sp³-hybridized carbons (Fsp3) is 0.600. The molecule has 0 fully saturated rings. The van der Waals surface area contributed by atoms with Crippen molar-refractivity contribution in [2.45, 2.75) is 51.9 Å². The molecule has 1 aromatic heterocycles. The molecule has 18 heavy (non-hydrogen) atoms. The fourth-order valence-corrected chi connectivity index (χ4v) is 1.85. The maximum Gasteiger partial charge on any atom is 0.220 e. The van der Waals surface area contributed by atoms with Crippen LogP contribution >= 0.6 is 0 Å². The number of nitrogens with zero attached hydrogens (tertiary/aromatic N) is 1. The van der Waals surface area contributed by atoms with Gasteiger partial charge in [0.2, 0.25) is 5.91 Å². The van der Waals surface area contributed by atoms with Crippen LogP contribution in [0.1, 0.15) is 51.1 Å². The van der Waals surface area contributed by atoms with Crippen LogP contribution in [-0.2, 0) is 11.2 Å². The summed E-state index contributed by atoms with van der Waals surface area (Å²) in [5, 5.41) is 2.94. The summed E-state index contributed by atoms with van der Waals surface area (Å²) in [5.41, 5.74) is 1.03. The highest BCUT2D eigenvalue weighted by atomic mass is 16.1. The summed E-state index contributed by atoms with van der Waals surface area (Å²) in [6, 6.07) is 5.85. The van der Waals surface area contributed by atoms with Gasteiger partial charge in [-0.05, 0) is 18.6 Å². The van der Waals surface area contributed by atoms with Gasteiger partial charge in [0.05, 0.1) is 0 Å². The number of pyridine rings is 1. The van der Waals surface area contributed by atoms with Crippen LogP contribution in [0, 0.1) is 0 Å². The maximum atomic E-state index is 11.5. The maximum absolute atomic E-state index is 11.5. The second-order valence-electron chi connectivity index (χ2n) is 4.59. The molecule has 0 spiro atoms. The number of rotatable bonds is 9. The molecule has 1 amide bonds. The van der Waals surface area contributed by atoms with E-state index >= 15 is 0 Å². The lowest BCUT2D eigenvalue weighted by Crippen LogP contribution is -2.25. The largest absolute Gasteiger partial charge is 0.356 e. The molecule has 1 heterocycles. The van der Waals surface area contributed by atoms with Gasteiger partial charge in [-0.2, -0.15) is 0 Å². The Hall–Kier alpha value is -1.38. The number of aromatic nitrogens is 1. The average molecular weight is 248 g/mol. The summed E-state index contributed by atoms with van der Waals surface area (Å²) in [7, 11) is 0. The number of carbonyl (C=O) groups excluding carboxylic acids is 1. The topological polar surface area (TPSA) is 42.0 Å². The molecule has 3 heteroatoms. The number of carbonyl (C=O) groups is 1. The van der Waals surface area contributed by atoms with Crippen molar-refractivity contribution in [1.29, 1.82) is 0 Å². The molecular weight excluding hydrogens is 224 g/mol. The van der Waals surface area contributed by atoms with Gasteiger partial charge in [-0.25, -0.2) is 0 Å². The predicted molar refractivity (Wildman–Crippen MR) is 74.3 cm³/mol. The van der Waals surface area contributed by atoms with Crippen molar-refractivity contribution in [2.24, 2.45) is 0 Å². The van der Waals surface area contributed by atoms with Crippen molar-refractivity contribution in [2.75, 3.05) is 6.54 Å². The van der Waals surface area contributed by atoms with Crippen LogP contribution in [-0.4, -0.2) is 17.4 Å². The minimum Gasteiger partial charge on any atom is -0.356 e. The molecule has 3 nitrogen and oxygen atoms in total. The van der Waals surface area contributed by atoms with Crippen molar-refractivity contribution in [3.05, 3.63) is 30.1 Å². The van der Waals surface area contributed by atoms with Crippen LogP contribution in [0.4, 0.5) is 0 Å². The number of amides is 1. The summed E-state index contributed by atoms with van der Waals surface area (Å²) < 4.78 is 0. The monoisotopic (exact) mass is 248 g/mol. The summed E-state index contributed by atoms with van der Waals surface area (Å²) in [6.07, 6.45) is 9.20. The Morgan fingerprint density at radius 3 is 2.78 bits per heavy atom. The molecule has 0 bridgehead atoms. The lowest BCUT2D eigenvalue weighted by atomic mass is 10.1. The Kier molecular flexibility index (Phi) is 7.85. The van der Waals surface area contributed by atoms with Gasteiger partial charge in [-0.1, -0.05) is 38.7 Å². The Bertz CT molecular complexity index is 325. The van der Waals surface area contributed by atoms with Crippen LogP contribution < -0.4 is 5.32 Å². The number of unbranched alkanes of at least 4 members (excludes halogenated alkanes) is 4. The molecular formula is C15H24N2O. The Morgan fingerprint density at radius 2 is 2.06 bits per heavy atom. The molecule has 1 aromatic rings. The highest BCUT2D eigenvalue weighted by Crippen LogP contribution is 2.04. The van der Waals surface area contributed by atoms with Gasteiger partial charge in [-0.15, -0.1) is 0 Å². The first kappa shape index (κ1) is 14.7. The van der Waals surface area contributed by atoms with E-state index in [1.165, 1.54) is 25.7 Å². The van der Waals surface area contributed by atoms with Crippen molar-refractivity contribution in [3.8, 4) is 0 Å². The molecule has 0 aromatic carbocycles. The van der Waals surface area contributed by atoms with Crippen LogP contribution in [0.15, 0.2) is 24.4 Å². The van der Waals surface area contributed by atoms with Gasteiger partial charge in [0.15, 0.2) is 0 Å². The molecule has 0 aliphatic carbocycles. The standard InChI is InChI=1S/C15H24N2O/c1-2-3-4-5-6-10-15(18)17-13-11-14-9-7-8-12-16-14/h7-9,12H,2-6,10-11,13H2,1H3,(H,17,18). The first-order chi connectivity index (χ1) is 8.83. The molecule has 0 radical (unpaired) electrons. The SMILES string of the molecule is CCCCCCCC(=O)NCCc1ccccn1. The molecule has 0 aliphatic heterocycles. The Morgan fingerprint density at radius 1 is 1.22 bits per heavy atom. The zero-order valence-electron chi connectivity index (χ0n) is 11.3. The molecule has 100 valence electrons. The summed E-state index contributed by atoms with van der Waals surface area (Å²) in [4.78, 5) is 15.8. The van der Waals surface area contributed by atoms with Crippen LogP contribution in [0.25, 0.3) is 0 Å². The second-order valence-corrected chi connectivity index (χ2v) is 4.59. The van der Waals surface area contributed by atoms with Gasteiger partial charge in [0.25, 0.3) is 0 Å². The molecule has 0 aliphatic rings. The van der Waals surface area contributed by atoms with E-state index in [1.54, 1.807) is 6.20 Å². The van der Waals surface area contributed by atoms with Gasteiger partial charge < -0.3 is 5.32 Å². The summed E-state index contributed by atoms with van der Waals surface area (Å²) in [5.74, 6) is 0.169. The normalized spacial score (nSPS) is 10.3. The van der Waals surface area contributed by atoms with Gasteiger partial charge in [0.1, 0.15) is 0 Å². The lowest BCUT2D eigenvalue weighted by molar-refractivity contribution is -0.121. The van der Waals surface area contributed by atoms with Gasteiger partial charge in [-0.3, -0.25) is 9.78 Å². The highest BCUT2D eigenvalue weighted by molar-refractivity contribution is 5.75. The Labute approximate surface area is 110 Å². The van der Waals surface area contributed by atoms with E-state index < -0.39 is 0 Å². The third-order valence-corrected chi connectivity index (χ3v) is 2.94. The van der Waals surface area contributed by atoms with Gasteiger partial charge >= 0.3 is 0 Å². The number of hydrogen-bond acceptors (Lipinski definition) is 2. The fourth-order valence-electron chi connectivity index (χ4n) is 1.85. The van der Waals surface area contributed by atoms with Gasteiger partial charge in [0, 0.05) is 31.3 Å². The van der Waals surface area contributed by atoms with E-state index in [1.807, 2.05) is 18.2 Å².